The highest BCUT2D eigenvalue weighted by molar-refractivity contribution is 5.63. The quantitative estimate of drug-likeness (QED) is 0.477. The summed E-state index contributed by atoms with van der Waals surface area (Å²) in [7, 11) is 0. The zero-order chi connectivity index (χ0) is 21.5. The first-order valence-corrected chi connectivity index (χ1v) is 11.9. The van der Waals surface area contributed by atoms with Gasteiger partial charge in [-0.15, -0.1) is 0 Å². The van der Waals surface area contributed by atoms with Gasteiger partial charge < -0.3 is 28.7 Å². The summed E-state index contributed by atoms with van der Waals surface area (Å²) in [4.78, 5) is 4.94. The SMILES string of the molecule is CC(c1ccccc1N(CC1CO1)CC1CO1)c1ccccc1N(CC1CO1)CC1CO1. The molecule has 0 aliphatic carbocycles. The van der Waals surface area contributed by atoms with Gasteiger partial charge in [-0.25, -0.2) is 0 Å². The summed E-state index contributed by atoms with van der Waals surface area (Å²) >= 11 is 0. The van der Waals surface area contributed by atoms with E-state index in [1.165, 1.54) is 22.5 Å². The van der Waals surface area contributed by atoms with Crippen LogP contribution in [0.1, 0.15) is 24.0 Å². The topological polar surface area (TPSA) is 56.6 Å². The molecule has 4 aliphatic rings. The molecule has 4 atom stereocenters. The number of epoxide rings is 4. The smallest absolute Gasteiger partial charge is 0.0984 e. The Hall–Kier alpha value is -2.12. The van der Waals surface area contributed by atoms with Crippen LogP contribution in [-0.2, 0) is 18.9 Å². The van der Waals surface area contributed by atoms with Crippen LogP contribution < -0.4 is 9.80 Å². The maximum absolute atomic E-state index is 5.57. The van der Waals surface area contributed by atoms with E-state index in [0.717, 1.165) is 52.6 Å². The Balaban J connectivity index is 1.31. The Bertz CT molecular complexity index is 833. The fourth-order valence-corrected chi connectivity index (χ4v) is 4.67. The van der Waals surface area contributed by atoms with Gasteiger partial charge >= 0.3 is 0 Å². The molecule has 4 aliphatic heterocycles. The van der Waals surface area contributed by atoms with Crippen molar-refractivity contribution in [2.45, 2.75) is 37.3 Å². The summed E-state index contributed by atoms with van der Waals surface area (Å²) in [5.41, 5.74) is 5.30. The molecular weight excluding hydrogens is 404 g/mol. The number of hydrogen-bond acceptors (Lipinski definition) is 6. The molecule has 170 valence electrons. The molecular formula is C26H32N2O4. The number of nitrogens with zero attached hydrogens (tertiary/aromatic N) is 2. The van der Waals surface area contributed by atoms with E-state index in [2.05, 4.69) is 65.3 Å². The van der Waals surface area contributed by atoms with Crippen molar-refractivity contribution < 1.29 is 18.9 Å². The first kappa shape index (κ1) is 20.5. The van der Waals surface area contributed by atoms with E-state index in [-0.39, 0.29) is 5.92 Å². The van der Waals surface area contributed by atoms with Crippen LogP contribution in [0.4, 0.5) is 11.4 Å². The standard InChI is InChI=1S/C26H32N2O4/c1-18(23-6-2-4-8-25(23)27(10-19-14-29-19)11-20-15-30-20)24-7-3-5-9-26(24)28(12-21-16-31-21)13-22-17-32-22/h2-9,18-22H,10-17H2,1H3. The number of rotatable bonds is 12. The molecule has 2 aromatic rings. The highest BCUT2D eigenvalue weighted by Gasteiger charge is 2.34. The van der Waals surface area contributed by atoms with E-state index >= 15 is 0 Å². The lowest BCUT2D eigenvalue weighted by Gasteiger charge is -2.31. The molecule has 0 aromatic heterocycles. The third-order valence-corrected chi connectivity index (χ3v) is 6.79. The summed E-state index contributed by atoms with van der Waals surface area (Å²) in [6.45, 7) is 9.49. The molecule has 4 fully saturated rings. The van der Waals surface area contributed by atoms with E-state index < -0.39 is 0 Å². The van der Waals surface area contributed by atoms with Gasteiger partial charge in [0, 0.05) is 43.5 Å². The van der Waals surface area contributed by atoms with Crippen LogP contribution in [0.2, 0.25) is 0 Å². The van der Waals surface area contributed by atoms with Gasteiger partial charge in [0.25, 0.3) is 0 Å². The molecule has 0 amide bonds. The summed E-state index contributed by atoms with van der Waals surface area (Å²) in [5, 5.41) is 0. The van der Waals surface area contributed by atoms with Crippen LogP contribution >= 0.6 is 0 Å². The van der Waals surface area contributed by atoms with Crippen LogP contribution in [0.15, 0.2) is 48.5 Å². The summed E-state index contributed by atoms with van der Waals surface area (Å²) in [6, 6.07) is 17.7. The van der Waals surface area contributed by atoms with Gasteiger partial charge in [-0.1, -0.05) is 43.3 Å². The van der Waals surface area contributed by atoms with Crippen molar-refractivity contribution in [1.82, 2.24) is 0 Å². The van der Waals surface area contributed by atoms with Gasteiger partial charge in [-0.05, 0) is 23.3 Å². The maximum atomic E-state index is 5.57. The molecule has 4 unspecified atom stereocenters. The second-order valence-corrected chi connectivity index (χ2v) is 9.47. The van der Waals surface area contributed by atoms with Crippen molar-refractivity contribution >= 4 is 11.4 Å². The summed E-state index contributed by atoms with van der Waals surface area (Å²) in [6.07, 6.45) is 1.38. The maximum Gasteiger partial charge on any atom is 0.0984 e. The molecule has 0 saturated carbocycles. The van der Waals surface area contributed by atoms with Crippen LogP contribution in [0, 0.1) is 0 Å². The zero-order valence-corrected chi connectivity index (χ0v) is 18.7. The number of anilines is 2. The largest absolute Gasteiger partial charge is 0.371 e. The molecule has 4 saturated heterocycles. The van der Waals surface area contributed by atoms with Crippen LogP contribution in [0.5, 0.6) is 0 Å². The molecule has 0 bridgehead atoms. The second-order valence-electron chi connectivity index (χ2n) is 9.47. The minimum absolute atomic E-state index is 0.257. The van der Waals surface area contributed by atoms with E-state index in [1.807, 2.05) is 0 Å². The van der Waals surface area contributed by atoms with E-state index in [0.29, 0.717) is 24.4 Å². The zero-order valence-electron chi connectivity index (χ0n) is 18.7. The summed E-state index contributed by atoms with van der Waals surface area (Å²) < 4.78 is 22.3. The van der Waals surface area contributed by atoms with E-state index in [9.17, 15) is 0 Å². The third kappa shape index (κ3) is 4.94. The van der Waals surface area contributed by atoms with E-state index in [1.54, 1.807) is 0 Å². The lowest BCUT2D eigenvalue weighted by molar-refractivity contribution is 0.388. The average molecular weight is 437 g/mol. The van der Waals surface area contributed by atoms with Gasteiger partial charge in [-0.2, -0.15) is 0 Å². The van der Waals surface area contributed by atoms with Crippen molar-refractivity contribution in [2.24, 2.45) is 0 Å². The van der Waals surface area contributed by atoms with Crippen molar-refractivity contribution in [3.05, 3.63) is 59.7 Å². The number of ether oxygens (including phenoxy) is 4. The van der Waals surface area contributed by atoms with Gasteiger partial charge in [-0.3, -0.25) is 0 Å². The first-order chi connectivity index (χ1) is 15.7. The molecule has 4 heterocycles. The molecule has 0 spiro atoms. The average Bonchev–Trinajstić information content (AvgIpc) is 3.63. The fourth-order valence-electron chi connectivity index (χ4n) is 4.67. The fraction of sp³-hybridized carbons (Fsp3) is 0.538. The van der Waals surface area contributed by atoms with Gasteiger partial charge in [0.1, 0.15) is 0 Å². The van der Waals surface area contributed by atoms with Crippen molar-refractivity contribution in [3.63, 3.8) is 0 Å². The Kier molecular flexibility index (Phi) is 5.55. The molecule has 32 heavy (non-hydrogen) atoms. The Morgan fingerprint density at radius 1 is 0.625 bits per heavy atom. The molecule has 0 N–H and O–H groups in total. The molecule has 0 radical (unpaired) electrons. The molecule has 6 rings (SSSR count). The Morgan fingerprint density at radius 2 is 0.938 bits per heavy atom. The first-order valence-electron chi connectivity index (χ1n) is 11.9. The van der Waals surface area contributed by atoms with Crippen molar-refractivity contribution in [1.29, 1.82) is 0 Å². The molecule has 6 nitrogen and oxygen atoms in total. The van der Waals surface area contributed by atoms with Crippen LogP contribution in [0.3, 0.4) is 0 Å². The molecule has 6 heteroatoms. The Morgan fingerprint density at radius 3 is 1.25 bits per heavy atom. The predicted octanol–water partition coefficient (Wildman–Crippen LogP) is 3.05. The normalized spacial score (nSPS) is 28.2. The minimum Gasteiger partial charge on any atom is -0.371 e. The lowest BCUT2D eigenvalue weighted by atomic mass is 9.89. The highest BCUT2D eigenvalue weighted by Crippen LogP contribution is 2.38. The number of hydrogen-bond donors (Lipinski definition) is 0. The van der Waals surface area contributed by atoms with Crippen LogP contribution in [0.25, 0.3) is 0 Å². The Labute approximate surface area is 190 Å². The second kappa shape index (κ2) is 8.67. The number of para-hydroxylation sites is 2. The number of benzene rings is 2. The summed E-state index contributed by atoms with van der Waals surface area (Å²) in [5.74, 6) is 0.257. The lowest BCUT2D eigenvalue weighted by Crippen LogP contribution is -2.33. The minimum atomic E-state index is 0.257. The van der Waals surface area contributed by atoms with Gasteiger partial charge in [0.05, 0.1) is 50.8 Å². The van der Waals surface area contributed by atoms with Gasteiger partial charge in [0.2, 0.25) is 0 Å². The molecule has 2 aromatic carbocycles. The predicted molar refractivity (Wildman–Crippen MR) is 124 cm³/mol. The monoisotopic (exact) mass is 436 g/mol. The highest BCUT2D eigenvalue weighted by atomic mass is 16.6. The van der Waals surface area contributed by atoms with Crippen LogP contribution in [-0.4, -0.2) is 77.0 Å². The van der Waals surface area contributed by atoms with Crippen molar-refractivity contribution in [3.8, 4) is 0 Å². The van der Waals surface area contributed by atoms with Gasteiger partial charge in [0.15, 0.2) is 0 Å². The van der Waals surface area contributed by atoms with Crippen molar-refractivity contribution in [2.75, 3.05) is 62.4 Å². The van der Waals surface area contributed by atoms with E-state index in [4.69, 9.17) is 18.9 Å². The third-order valence-electron chi connectivity index (χ3n) is 6.79.